The zero-order valence-corrected chi connectivity index (χ0v) is 20.1. The fourth-order valence-corrected chi connectivity index (χ4v) is 3.78. The number of rotatable bonds is 10. The Kier molecular flexibility index (Phi) is 7.87. The molecule has 0 aliphatic heterocycles. The van der Waals surface area contributed by atoms with Crippen molar-refractivity contribution in [2.75, 3.05) is 37.9 Å². The van der Waals surface area contributed by atoms with E-state index < -0.39 is 0 Å². The number of benzene rings is 2. The highest BCUT2D eigenvalue weighted by molar-refractivity contribution is 5.94. The first-order valence-electron chi connectivity index (χ1n) is 11.6. The van der Waals surface area contributed by atoms with Crippen molar-refractivity contribution in [2.45, 2.75) is 13.0 Å². The maximum Gasteiger partial charge on any atom is 0.251 e. The molecule has 35 heavy (non-hydrogen) atoms. The largest absolute Gasteiger partial charge is 0.364 e. The van der Waals surface area contributed by atoms with Crippen molar-refractivity contribution in [3.8, 4) is 11.3 Å². The van der Waals surface area contributed by atoms with E-state index in [2.05, 4.69) is 32.0 Å². The van der Waals surface area contributed by atoms with Crippen LogP contribution in [0.4, 0.5) is 11.5 Å². The third-order valence-corrected chi connectivity index (χ3v) is 5.69. The lowest BCUT2D eigenvalue weighted by molar-refractivity contribution is 0.0952. The second kappa shape index (κ2) is 11.4. The number of nitrogens with one attached hydrogen (secondary N) is 3. The summed E-state index contributed by atoms with van der Waals surface area (Å²) < 4.78 is 0. The van der Waals surface area contributed by atoms with E-state index in [1.165, 1.54) is 0 Å². The molecular formula is C27H31N7O. The van der Waals surface area contributed by atoms with Crippen molar-refractivity contribution in [2.24, 2.45) is 5.84 Å². The normalized spacial score (nSPS) is 11.0. The zero-order chi connectivity index (χ0) is 24.6. The number of carbonyl (C=O) groups excluding carboxylic acids is 1. The van der Waals surface area contributed by atoms with Gasteiger partial charge in [-0.2, -0.15) is 0 Å². The van der Waals surface area contributed by atoms with Crippen LogP contribution in [0.5, 0.6) is 0 Å². The van der Waals surface area contributed by atoms with Crippen LogP contribution in [-0.2, 0) is 6.54 Å². The van der Waals surface area contributed by atoms with Gasteiger partial charge in [0.2, 0.25) is 0 Å². The first kappa shape index (κ1) is 24.1. The fraction of sp³-hybridized carbons (Fsp3) is 0.222. The van der Waals surface area contributed by atoms with Crippen molar-refractivity contribution in [3.05, 3.63) is 84.1 Å². The van der Waals surface area contributed by atoms with E-state index in [-0.39, 0.29) is 5.91 Å². The number of aromatic nitrogens is 2. The number of pyridine rings is 2. The Morgan fingerprint density at radius 2 is 1.86 bits per heavy atom. The highest BCUT2D eigenvalue weighted by atomic mass is 16.1. The third-order valence-electron chi connectivity index (χ3n) is 5.69. The molecule has 8 nitrogen and oxygen atoms in total. The minimum atomic E-state index is -0.0705. The SMILES string of the molecule is CN(C)CCCNC(=O)c1ccc(-c2ccc(NN)c(NCc3ccc4ncccc4c3)n2)cc1. The Hall–Kier alpha value is -4.01. The molecule has 8 heteroatoms. The Balaban J connectivity index is 1.44. The number of fused-ring (bicyclic) bond motifs is 1. The summed E-state index contributed by atoms with van der Waals surface area (Å²) in [5.41, 5.74) is 7.81. The van der Waals surface area contributed by atoms with E-state index in [0.29, 0.717) is 30.2 Å². The van der Waals surface area contributed by atoms with Gasteiger partial charge in [-0.3, -0.25) is 15.6 Å². The standard InChI is InChI=1S/C27H31N7O/c1-34(2)16-4-15-30-27(35)21-9-7-20(8-10-21)24-12-13-25(33-28)26(32-24)31-18-19-6-11-23-22(17-19)5-3-14-29-23/h3,5-14,17,33H,4,15-16,18,28H2,1-2H3,(H,30,35)(H,31,32). The van der Waals surface area contributed by atoms with Gasteiger partial charge in [-0.15, -0.1) is 0 Å². The van der Waals surface area contributed by atoms with Gasteiger partial charge in [-0.25, -0.2) is 4.98 Å². The number of hydrogen-bond acceptors (Lipinski definition) is 7. The summed E-state index contributed by atoms with van der Waals surface area (Å²) in [6, 6.07) is 21.4. The minimum Gasteiger partial charge on any atom is -0.364 e. The van der Waals surface area contributed by atoms with Crippen LogP contribution in [0.3, 0.4) is 0 Å². The maximum absolute atomic E-state index is 12.4. The summed E-state index contributed by atoms with van der Waals surface area (Å²) in [5.74, 6) is 6.30. The van der Waals surface area contributed by atoms with Gasteiger partial charge in [0.15, 0.2) is 5.82 Å². The van der Waals surface area contributed by atoms with Gasteiger partial charge in [0.25, 0.3) is 5.91 Å². The summed E-state index contributed by atoms with van der Waals surface area (Å²) >= 11 is 0. The summed E-state index contributed by atoms with van der Waals surface area (Å²) in [4.78, 5) is 23.6. The molecule has 4 aromatic rings. The van der Waals surface area contributed by atoms with Crippen molar-refractivity contribution in [3.63, 3.8) is 0 Å². The van der Waals surface area contributed by atoms with Gasteiger partial charge in [0.05, 0.1) is 16.9 Å². The number of nitrogens with two attached hydrogens (primary N) is 1. The van der Waals surface area contributed by atoms with E-state index in [4.69, 9.17) is 10.8 Å². The van der Waals surface area contributed by atoms with E-state index in [1.54, 1.807) is 6.20 Å². The number of carbonyl (C=O) groups is 1. The molecule has 1 amide bonds. The number of nitrogen functional groups attached to an aromatic ring is 1. The smallest absolute Gasteiger partial charge is 0.251 e. The highest BCUT2D eigenvalue weighted by Crippen LogP contribution is 2.26. The number of anilines is 2. The van der Waals surface area contributed by atoms with Crippen molar-refractivity contribution in [1.29, 1.82) is 0 Å². The second-order valence-corrected chi connectivity index (χ2v) is 8.61. The summed E-state index contributed by atoms with van der Waals surface area (Å²) in [7, 11) is 4.04. The van der Waals surface area contributed by atoms with Gasteiger partial charge in [-0.05, 0) is 75.1 Å². The quantitative estimate of drug-likeness (QED) is 0.159. The molecule has 2 aromatic carbocycles. The molecule has 0 fully saturated rings. The van der Waals surface area contributed by atoms with Crippen LogP contribution in [0.15, 0.2) is 72.9 Å². The van der Waals surface area contributed by atoms with Gasteiger partial charge < -0.3 is 21.0 Å². The maximum atomic E-state index is 12.4. The van der Waals surface area contributed by atoms with Crippen LogP contribution in [0, 0.1) is 0 Å². The first-order chi connectivity index (χ1) is 17.0. The number of hydrazine groups is 1. The molecule has 0 saturated heterocycles. The molecule has 0 aliphatic carbocycles. The van der Waals surface area contributed by atoms with E-state index in [1.807, 2.05) is 74.8 Å². The Morgan fingerprint density at radius 3 is 2.63 bits per heavy atom. The van der Waals surface area contributed by atoms with E-state index in [0.717, 1.165) is 40.7 Å². The Bertz CT molecular complexity index is 1290. The van der Waals surface area contributed by atoms with E-state index >= 15 is 0 Å². The molecule has 2 heterocycles. The summed E-state index contributed by atoms with van der Waals surface area (Å²) in [6.07, 6.45) is 2.70. The predicted octanol–water partition coefficient (Wildman–Crippen LogP) is 3.88. The molecule has 0 saturated carbocycles. The number of amides is 1. The van der Waals surface area contributed by atoms with Crippen LogP contribution >= 0.6 is 0 Å². The van der Waals surface area contributed by atoms with Crippen LogP contribution in [0.1, 0.15) is 22.3 Å². The molecule has 5 N–H and O–H groups in total. The lowest BCUT2D eigenvalue weighted by atomic mass is 10.1. The predicted molar refractivity (Wildman–Crippen MR) is 142 cm³/mol. The first-order valence-corrected chi connectivity index (χ1v) is 11.6. The Morgan fingerprint density at radius 1 is 1.03 bits per heavy atom. The average Bonchev–Trinajstić information content (AvgIpc) is 2.89. The average molecular weight is 470 g/mol. The van der Waals surface area contributed by atoms with Crippen molar-refractivity contribution < 1.29 is 4.79 Å². The van der Waals surface area contributed by atoms with Crippen LogP contribution < -0.4 is 21.9 Å². The molecule has 4 rings (SSSR count). The lowest BCUT2D eigenvalue weighted by Crippen LogP contribution is -2.27. The molecule has 0 bridgehead atoms. The van der Waals surface area contributed by atoms with Crippen molar-refractivity contribution >= 4 is 28.3 Å². The van der Waals surface area contributed by atoms with Gasteiger partial charge >= 0.3 is 0 Å². The number of hydrogen-bond donors (Lipinski definition) is 4. The van der Waals surface area contributed by atoms with Crippen LogP contribution in [0.25, 0.3) is 22.2 Å². The van der Waals surface area contributed by atoms with Gasteiger partial charge in [-0.1, -0.05) is 24.3 Å². The minimum absolute atomic E-state index is 0.0705. The molecule has 0 aliphatic rings. The molecular weight excluding hydrogens is 438 g/mol. The molecule has 180 valence electrons. The summed E-state index contributed by atoms with van der Waals surface area (Å²) in [5, 5.41) is 7.43. The molecule has 0 spiro atoms. The number of nitrogens with zero attached hydrogens (tertiary/aromatic N) is 3. The highest BCUT2D eigenvalue weighted by Gasteiger charge is 2.10. The molecule has 0 radical (unpaired) electrons. The topological polar surface area (TPSA) is 108 Å². The van der Waals surface area contributed by atoms with Gasteiger partial charge in [0, 0.05) is 35.8 Å². The summed E-state index contributed by atoms with van der Waals surface area (Å²) in [6.45, 7) is 2.17. The van der Waals surface area contributed by atoms with Crippen molar-refractivity contribution in [1.82, 2.24) is 20.2 Å². The van der Waals surface area contributed by atoms with Crippen LogP contribution in [0.2, 0.25) is 0 Å². The Labute approximate surface area is 205 Å². The van der Waals surface area contributed by atoms with E-state index in [9.17, 15) is 4.79 Å². The van der Waals surface area contributed by atoms with Gasteiger partial charge in [0.1, 0.15) is 0 Å². The fourth-order valence-electron chi connectivity index (χ4n) is 3.78. The van der Waals surface area contributed by atoms with Crippen LogP contribution in [-0.4, -0.2) is 48.0 Å². The molecule has 0 unspecified atom stereocenters. The molecule has 0 atom stereocenters. The second-order valence-electron chi connectivity index (χ2n) is 8.61. The zero-order valence-electron chi connectivity index (χ0n) is 20.1. The molecule has 2 aromatic heterocycles. The third kappa shape index (κ3) is 6.32. The lowest BCUT2D eigenvalue weighted by Gasteiger charge is -2.13. The monoisotopic (exact) mass is 469 g/mol.